The SMILES string of the molecule is CC/C(=N/O)c1ccc(OCc2cn(C)nn2)cc1. The second-order valence-electron chi connectivity index (χ2n) is 4.10. The first-order chi connectivity index (χ1) is 9.22. The zero-order valence-electron chi connectivity index (χ0n) is 10.9. The van der Waals surface area contributed by atoms with E-state index in [-0.39, 0.29) is 0 Å². The van der Waals surface area contributed by atoms with Crippen LogP contribution in [0.25, 0.3) is 0 Å². The van der Waals surface area contributed by atoms with Crippen molar-refractivity contribution in [3.63, 3.8) is 0 Å². The van der Waals surface area contributed by atoms with Crippen molar-refractivity contribution < 1.29 is 9.94 Å². The summed E-state index contributed by atoms with van der Waals surface area (Å²) in [5.74, 6) is 0.739. The smallest absolute Gasteiger partial charge is 0.134 e. The highest BCUT2D eigenvalue weighted by Crippen LogP contribution is 2.15. The zero-order valence-corrected chi connectivity index (χ0v) is 10.9. The molecule has 0 atom stereocenters. The Hall–Kier alpha value is -2.37. The topological polar surface area (TPSA) is 72.5 Å². The Morgan fingerprint density at radius 3 is 2.63 bits per heavy atom. The molecule has 6 nitrogen and oxygen atoms in total. The number of nitrogens with zero attached hydrogens (tertiary/aromatic N) is 4. The molecule has 0 amide bonds. The fourth-order valence-electron chi connectivity index (χ4n) is 1.69. The summed E-state index contributed by atoms with van der Waals surface area (Å²) in [6.07, 6.45) is 2.48. The first-order valence-electron chi connectivity index (χ1n) is 6.02. The Bertz CT molecular complexity index is 560. The molecule has 100 valence electrons. The van der Waals surface area contributed by atoms with E-state index in [1.807, 2.05) is 44.4 Å². The standard InChI is InChI=1S/C13H16N4O2/c1-3-13(15-18)10-4-6-12(7-5-10)19-9-11-8-17(2)16-14-11/h4-8,18H,3,9H2,1-2H3/b15-13-. The van der Waals surface area contributed by atoms with Crippen LogP contribution in [-0.2, 0) is 13.7 Å². The summed E-state index contributed by atoms with van der Waals surface area (Å²) in [5, 5.41) is 19.9. The first kappa shape index (κ1) is 13.1. The maximum atomic E-state index is 8.84. The summed E-state index contributed by atoms with van der Waals surface area (Å²) in [4.78, 5) is 0. The van der Waals surface area contributed by atoms with Crippen LogP contribution in [0.4, 0.5) is 0 Å². The predicted molar refractivity (Wildman–Crippen MR) is 70.4 cm³/mol. The Kier molecular flexibility index (Phi) is 4.12. The van der Waals surface area contributed by atoms with Gasteiger partial charge in [-0.25, -0.2) is 0 Å². The molecule has 0 unspecified atom stereocenters. The summed E-state index contributed by atoms with van der Waals surface area (Å²) < 4.78 is 7.22. The molecule has 0 saturated carbocycles. The summed E-state index contributed by atoms with van der Waals surface area (Å²) in [6.45, 7) is 2.31. The van der Waals surface area contributed by atoms with E-state index in [0.717, 1.165) is 17.0 Å². The number of rotatable bonds is 5. The molecule has 2 aromatic rings. The fourth-order valence-corrected chi connectivity index (χ4v) is 1.69. The molecule has 0 aliphatic rings. The molecule has 0 bridgehead atoms. The first-order valence-corrected chi connectivity index (χ1v) is 6.02. The normalized spacial score (nSPS) is 11.6. The van der Waals surface area contributed by atoms with Gasteiger partial charge in [-0.2, -0.15) is 0 Å². The molecule has 6 heteroatoms. The molecule has 1 N–H and O–H groups in total. The minimum Gasteiger partial charge on any atom is -0.487 e. The van der Waals surface area contributed by atoms with Crippen LogP contribution in [0.15, 0.2) is 35.6 Å². The van der Waals surface area contributed by atoms with Crippen LogP contribution in [0.5, 0.6) is 5.75 Å². The van der Waals surface area contributed by atoms with Gasteiger partial charge in [0.2, 0.25) is 0 Å². The van der Waals surface area contributed by atoms with Gasteiger partial charge in [0.25, 0.3) is 0 Å². The number of hydrogen-bond donors (Lipinski definition) is 1. The number of hydrogen-bond acceptors (Lipinski definition) is 5. The van der Waals surface area contributed by atoms with Crippen molar-refractivity contribution in [1.82, 2.24) is 15.0 Å². The van der Waals surface area contributed by atoms with Crippen LogP contribution in [0.3, 0.4) is 0 Å². The molecule has 0 fully saturated rings. The lowest BCUT2D eigenvalue weighted by atomic mass is 10.1. The lowest BCUT2D eigenvalue weighted by Gasteiger charge is -2.05. The lowest BCUT2D eigenvalue weighted by molar-refractivity contribution is 0.301. The number of aromatic nitrogens is 3. The molecule has 19 heavy (non-hydrogen) atoms. The minimum absolute atomic E-state index is 0.377. The highest BCUT2D eigenvalue weighted by molar-refractivity contribution is 6.00. The van der Waals surface area contributed by atoms with Crippen molar-refractivity contribution in [2.24, 2.45) is 12.2 Å². The highest BCUT2D eigenvalue weighted by atomic mass is 16.5. The van der Waals surface area contributed by atoms with E-state index >= 15 is 0 Å². The van der Waals surface area contributed by atoms with Crippen LogP contribution >= 0.6 is 0 Å². The van der Waals surface area contributed by atoms with E-state index in [0.29, 0.717) is 18.7 Å². The fraction of sp³-hybridized carbons (Fsp3) is 0.308. The van der Waals surface area contributed by atoms with E-state index in [2.05, 4.69) is 15.5 Å². The molecule has 0 aliphatic heterocycles. The van der Waals surface area contributed by atoms with Gasteiger partial charge in [-0.1, -0.05) is 17.3 Å². The molecular formula is C13H16N4O2. The van der Waals surface area contributed by atoms with Crippen molar-refractivity contribution in [2.45, 2.75) is 20.0 Å². The molecular weight excluding hydrogens is 244 g/mol. The van der Waals surface area contributed by atoms with E-state index in [1.54, 1.807) is 4.68 Å². The third-order valence-corrected chi connectivity index (χ3v) is 2.68. The molecule has 1 aromatic carbocycles. The van der Waals surface area contributed by atoms with Gasteiger partial charge in [-0.3, -0.25) is 4.68 Å². The predicted octanol–water partition coefficient (Wildman–Crippen LogP) is 1.98. The average molecular weight is 260 g/mol. The largest absolute Gasteiger partial charge is 0.487 e. The van der Waals surface area contributed by atoms with Crippen LogP contribution < -0.4 is 4.74 Å². The van der Waals surface area contributed by atoms with Crippen molar-refractivity contribution in [3.05, 3.63) is 41.7 Å². The molecule has 2 rings (SSSR count). The number of aryl methyl sites for hydroxylation is 1. The molecule has 0 saturated heterocycles. The van der Waals surface area contributed by atoms with Crippen LogP contribution in [0, 0.1) is 0 Å². The molecule has 0 spiro atoms. The maximum absolute atomic E-state index is 8.84. The molecule has 1 aromatic heterocycles. The van der Waals surface area contributed by atoms with Crippen molar-refractivity contribution in [1.29, 1.82) is 0 Å². The highest BCUT2D eigenvalue weighted by Gasteiger charge is 2.03. The second kappa shape index (κ2) is 5.99. The van der Waals surface area contributed by atoms with Gasteiger partial charge in [0.1, 0.15) is 18.1 Å². The van der Waals surface area contributed by atoms with E-state index in [1.165, 1.54) is 0 Å². The maximum Gasteiger partial charge on any atom is 0.134 e. The van der Waals surface area contributed by atoms with Crippen molar-refractivity contribution >= 4 is 5.71 Å². The van der Waals surface area contributed by atoms with Gasteiger partial charge in [0.15, 0.2) is 0 Å². The molecule has 0 radical (unpaired) electrons. The third-order valence-electron chi connectivity index (χ3n) is 2.68. The average Bonchev–Trinajstić information content (AvgIpc) is 2.85. The minimum atomic E-state index is 0.377. The van der Waals surface area contributed by atoms with Gasteiger partial charge in [-0.05, 0) is 36.2 Å². The van der Waals surface area contributed by atoms with Crippen LogP contribution in [-0.4, -0.2) is 25.9 Å². The van der Waals surface area contributed by atoms with Gasteiger partial charge in [-0.15, -0.1) is 5.10 Å². The summed E-state index contributed by atoms with van der Waals surface area (Å²) in [6, 6.07) is 7.41. The summed E-state index contributed by atoms with van der Waals surface area (Å²) in [5.41, 5.74) is 2.31. The molecule has 0 aliphatic carbocycles. The molecule has 1 heterocycles. The van der Waals surface area contributed by atoms with Gasteiger partial charge in [0, 0.05) is 7.05 Å². The number of oxime groups is 1. The summed E-state index contributed by atoms with van der Waals surface area (Å²) >= 11 is 0. The quantitative estimate of drug-likeness (QED) is 0.507. The van der Waals surface area contributed by atoms with E-state index in [9.17, 15) is 0 Å². The zero-order chi connectivity index (χ0) is 13.7. The summed E-state index contributed by atoms with van der Waals surface area (Å²) in [7, 11) is 1.81. The van der Waals surface area contributed by atoms with Crippen molar-refractivity contribution in [2.75, 3.05) is 0 Å². The van der Waals surface area contributed by atoms with E-state index < -0.39 is 0 Å². The van der Waals surface area contributed by atoms with Crippen LogP contribution in [0.1, 0.15) is 24.6 Å². The Morgan fingerprint density at radius 1 is 1.37 bits per heavy atom. The van der Waals surface area contributed by atoms with Gasteiger partial charge < -0.3 is 9.94 Å². The Morgan fingerprint density at radius 2 is 2.11 bits per heavy atom. The number of benzene rings is 1. The van der Waals surface area contributed by atoms with Gasteiger partial charge >= 0.3 is 0 Å². The van der Waals surface area contributed by atoms with Crippen molar-refractivity contribution in [3.8, 4) is 5.75 Å². The number of ether oxygens (including phenoxy) is 1. The van der Waals surface area contributed by atoms with E-state index in [4.69, 9.17) is 9.94 Å². The third kappa shape index (κ3) is 3.31. The Labute approximate surface area is 111 Å². The second-order valence-corrected chi connectivity index (χ2v) is 4.10. The lowest BCUT2D eigenvalue weighted by Crippen LogP contribution is -2.00. The monoisotopic (exact) mass is 260 g/mol. The Balaban J connectivity index is 1.99. The van der Waals surface area contributed by atoms with Gasteiger partial charge in [0.05, 0.1) is 11.9 Å². The van der Waals surface area contributed by atoms with Crippen LogP contribution in [0.2, 0.25) is 0 Å².